The molecule has 6 nitrogen and oxygen atoms in total. The molecule has 0 spiro atoms. The van der Waals surface area contributed by atoms with Crippen molar-refractivity contribution in [2.24, 2.45) is 0 Å². The van der Waals surface area contributed by atoms with Crippen molar-refractivity contribution in [1.29, 1.82) is 0 Å². The van der Waals surface area contributed by atoms with Crippen LogP contribution in [0.2, 0.25) is 0 Å². The fraction of sp³-hybridized carbons (Fsp3) is 0. The number of hydrogen-bond acceptors (Lipinski definition) is 5. The SMILES string of the molecule is c1ccc(-c2nc(-c3cccc(-c4cccc(-c5nc(-c6ccccc6)nc(-c6ccccc6)n5)c4)c3)cc(-c3cccc(-c4ccc5c(c4)c4ccccc4n5-c4ccccc4)c3)n2)cc1. The predicted octanol–water partition coefficient (Wildman–Crippen LogP) is 15.1. The van der Waals surface area contributed by atoms with Crippen LogP contribution >= 0.6 is 0 Å². The minimum absolute atomic E-state index is 0.611. The number of para-hydroxylation sites is 2. The van der Waals surface area contributed by atoms with Crippen molar-refractivity contribution < 1.29 is 0 Å². The molecular formula is C61H40N6. The van der Waals surface area contributed by atoms with Crippen LogP contribution in [0.3, 0.4) is 0 Å². The summed E-state index contributed by atoms with van der Waals surface area (Å²) in [6.45, 7) is 0. The van der Waals surface area contributed by atoms with Gasteiger partial charge in [-0.2, -0.15) is 0 Å². The van der Waals surface area contributed by atoms with E-state index >= 15 is 0 Å². The van der Waals surface area contributed by atoms with E-state index in [2.05, 4.69) is 168 Å². The Labute approximate surface area is 388 Å². The maximum Gasteiger partial charge on any atom is 0.164 e. The highest BCUT2D eigenvalue weighted by Crippen LogP contribution is 2.37. The highest BCUT2D eigenvalue weighted by molar-refractivity contribution is 6.10. The molecule has 3 heterocycles. The minimum atomic E-state index is 0.611. The molecule has 3 aromatic heterocycles. The first-order chi connectivity index (χ1) is 33.2. The lowest BCUT2D eigenvalue weighted by Gasteiger charge is -2.12. The van der Waals surface area contributed by atoms with Gasteiger partial charge in [-0.25, -0.2) is 24.9 Å². The Kier molecular flexibility index (Phi) is 10.1. The van der Waals surface area contributed by atoms with Gasteiger partial charge in [0.25, 0.3) is 0 Å². The molecule has 0 bridgehead atoms. The van der Waals surface area contributed by atoms with Gasteiger partial charge in [-0.15, -0.1) is 0 Å². The highest BCUT2D eigenvalue weighted by Gasteiger charge is 2.17. The van der Waals surface area contributed by atoms with Gasteiger partial charge in [-0.1, -0.05) is 188 Å². The first-order valence-electron chi connectivity index (χ1n) is 22.4. The Bertz CT molecular complexity index is 3680. The molecule has 0 saturated carbocycles. The van der Waals surface area contributed by atoms with Crippen LogP contribution in [-0.4, -0.2) is 29.5 Å². The highest BCUT2D eigenvalue weighted by atomic mass is 15.0. The second-order valence-electron chi connectivity index (χ2n) is 16.5. The molecule has 0 atom stereocenters. The molecule has 0 aliphatic carbocycles. The van der Waals surface area contributed by atoms with Crippen molar-refractivity contribution in [3.8, 4) is 96.0 Å². The number of nitrogens with zero attached hydrogens (tertiary/aromatic N) is 6. The van der Waals surface area contributed by atoms with Gasteiger partial charge in [-0.05, 0) is 76.9 Å². The van der Waals surface area contributed by atoms with Crippen molar-refractivity contribution in [1.82, 2.24) is 29.5 Å². The van der Waals surface area contributed by atoms with E-state index in [4.69, 9.17) is 24.9 Å². The van der Waals surface area contributed by atoms with Gasteiger partial charge in [0.15, 0.2) is 23.3 Å². The van der Waals surface area contributed by atoms with Crippen LogP contribution in [0.15, 0.2) is 243 Å². The summed E-state index contributed by atoms with van der Waals surface area (Å²) < 4.78 is 2.35. The Morgan fingerprint density at radius 1 is 0.224 bits per heavy atom. The average Bonchev–Trinajstić information content (AvgIpc) is 3.75. The van der Waals surface area contributed by atoms with E-state index in [1.54, 1.807) is 0 Å². The van der Waals surface area contributed by atoms with E-state index < -0.39 is 0 Å². The van der Waals surface area contributed by atoms with Crippen molar-refractivity contribution in [2.75, 3.05) is 0 Å². The Morgan fingerprint density at radius 2 is 0.597 bits per heavy atom. The average molecular weight is 857 g/mol. The fourth-order valence-electron chi connectivity index (χ4n) is 8.96. The lowest BCUT2D eigenvalue weighted by Crippen LogP contribution is -2.00. The van der Waals surface area contributed by atoms with Crippen LogP contribution in [0.4, 0.5) is 0 Å². The first kappa shape index (κ1) is 39.5. The van der Waals surface area contributed by atoms with Crippen LogP contribution in [0.25, 0.3) is 118 Å². The van der Waals surface area contributed by atoms with Crippen molar-refractivity contribution in [2.45, 2.75) is 0 Å². The zero-order chi connectivity index (χ0) is 44.5. The first-order valence-corrected chi connectivity index (χ1v) is 22.4. The number of benzene rings is 9. The van der Waals surface area contributed by atoms with E-state index in [9.17, 15) is 0 Å². The van der Waals surface area contributed by atoms with Crippen LogP contribution in [0.5, 0.6) is 0 Å². The van der Waals surface area contributed by atoms with E-state index in [0.717, 1.165) is 72.7 Å². The molecule has 0 amide bonds. The Hall–Kier alpha value is -9.13. The minimum Gasteiger partial charge on any atom is -0.309 e. The summed E-state index contributed by atoms with van der Waals surface area (Å²) in [5.41, 5.74) is 15.2. The molecule has 0 radical (unpaired) electrons. The molecule has 9 aromatic carbocycles. The summed E-state index contributed by atoms with van der Waals surface area (Å²) in [6, 6.07) is 84.1. The largest absolute Gasteiger partial charge is 0.309 e. The topological polar surface area (TPSA) is 69.4 Å². The molecule has 0 N–H and O–H groups in total. The summed E-state index contributed by atoms with van der Waals surface area (Å²) in [5.74, 6) is 2.54. The Morgan fingerprint density at radius 3 is 1.13 bits per heavy atom. The maximum absolute atomic E-state index is 5.21. The molecule has 0 fully saturated rings. The fourth-order valence-corrected chi connectivity index (χ4v) is 8.96. The van der Waals surface area contributed by atoms with Gasteiger partial charge in [0.05, 0.1) is 22.4 Å². The second-order valence-corrected chi connectivity index (χ2v) is 16.5. The van der Waals surface area contributed by atoms with Crippen molar-refractivity contribution in [3.63, 3.8) is 0 Å². The van der Waals surface area contributed by atoms with Crippen LogP contribution in [0.1, 0.15) is 0 Å². The smallest absolute Gasteiger partial charge is 0.164 e. The van der Waals surface area contributed by atoms with Gasteiger partial charge in [0.1, 0.15) is 0 Å². The van der Waals surface area contributed by atoms with Crippen LogP contribution in [0, 0.1) is 0 Å². The summed E-state index contributed by atoms with van der Waals surface area (Å²) in [4.78, 5) is 25.3. The molecule has 6 heteroatoms. The van der Waals surface area contributed by atoms with Crippen molar-refractivity contribution in [3.05, 3.63) is 243 Å². The number of fused-ring (bicyclic) bond motifs is 3. The molecule has 67 heavy (non-hydrogen) atoms. The lowest BCUT2D eigenvalue weighted by molar-refractivity contribution is 1.07. The van der Waals surface area contributed by atoms with Gasteiger partial charge < -0.3 is 4.57 Å². The van der Waals surface area contributed by atoms with E-state index in [-0.39, 0.29) is 0 Å². The molecule has 0 saturated heterocycles. The molecule has 0 unspecified atom stereocenters. The number of aromatic nitrogens is 6. The third-order valence-corrected chi connectivity index (χ3v) is 12.2. The van der Waals surface area contributed by atoms with E-state index in [1.807, 2.05) is 78.9 Å². The summed E-state index contributed by atoms with van der Waals surface area (Å²) in [7, 11) is 0. The monoisotopic (exact) mass is 856 g/mol. The van der Waals surface area contributed by atoms with Gasteiger partial charge in [0.2, 0.25) is 0 Å². The lowest BCUT2D eigenvalue weighted by atomic mass is 9.98. The van der Waals surface area contributed by atoms with Gasteiger partial charge >= 0.3 is 0 Å². The van der Waals surface area contributed by atoms with Crippen LogP contribution < -0.4 is 0 Å². The third-order valence-electron chi connectivity index (χ3n) is 12.2. The third kappa shape index (κ3) is 7.73. The summed E-state index contributed by atoms with van der Waals surface area (Å²) in [6.07, 6.45) is 0. The normalized spacial score (nSPS) is 11.3. The van der Waals surface area contributed by atoms with Gasteiger partial charge in [-0.3, -0.25) is 0 Å². The van der Waals surface area contributed by atoms with Gasteiger partial charge in [0, 0.05) is 49.8 Å². The molecule has 12 aromatic rings. The molecule has 12 rings (SSSR count). The van der Waals surface area contributed by atoms with Crippen LogP contribution in [-0.2, 0) is 0 Å². The van der Waals surface area contributed by atoms with E-state index in [1.165, 1.54) is 21.8 Å². The quantitative estimate of drug-likeness (QED) is 0.145. The molecule has 0 aliphatic rings. The maximum atomic E-state index is 5.21. The number of hydrogen-bond donors (Lipinski definition) is 0. The second kappa shape index (κ2) is 17.1. The van der Waals surface area contributed by atoms with E-state index in [0.29, 0.717) is 23.3 Å². The molecule has 0 aliphatic heterocycles. The zero-order valence-corrected chi connectivity index (χ0v) is 36.3. The summed E-state index contributed by atoms with van der Waals surface area (Å²) >= 11 is 0. The number of rotatable bonds is 9. The van der Waals surface area contributed by atoms with Crippen molar-refractivity contribution >= 4 is 21.8 Å². The molecule has 314 valence electrons. The standard InChI is InChI=1S/C61H40N6/c1-5-18-41(19-6-1)58-62-54(40-55(63-58)49-28-16-25-45(37-49)47-34-35-57-53(39-47)52-32-13-14-33-56(52)67(57)51-30-11-4-12-31-51)48-27-15-24-44(36-48)46-26-17-29-50(38-46)61-65-59(42-20-7-2-8-21-42)64-60(66-61)43-22-9-3-10-23-43/h1-40H. The Balaban J connectivity index is 0.926. The molecular weight excluding hydrogens is 817 g/mol. The summed E-state index contributed by atoms with van der Waals surface area (Å²) in [5, 5.41) is 2.44. The zero-order valence-electron chi connectivity index (χ0n) is 36.3. The predicted molar refractivity (Wildman–Crippen MR) is 273 cm³/mol.